The van der Waals surface area contributed by atoms with Gasteiger partial charge in [0.2, 0.25) is 0 Å². The molecule has 2 heterocycles. The molecular weight excluding hydrogens is 262 g/mol. The number of hydrogen-bond donors (Lipinski definition) is 2. The third-order valence-corrected chi connectivity index (χ3v) is 5.38. The van der Waals surface area contributed by atoms with Gasteiger partial charge in [-0.2, -0.15) is 10.2 Å². The Morgan fingerprint density at radius 3 is 2.33 bits per heavy atom. The molecule has 0 aliphatic heterocycles. The van der Waals surface area contributed by atoms with Gasteiger partial charge in [0.05, 0.1) is 17.1 Å². The van der Waals surface area contributed by atoms with Gasteiger partial charge >= 0.3 is 0 Å². The molecule has 0 radical (unpaired) electrons. The minimum absolute atomic E-state index is 0.507. The highest BCUT2D eigenvalue weighted by molar-refractivity contribution is 5.89. The van der Waals surface area contributed by atoms with Crippen LogP contribution < -0.4 is 5.73 Å². The van der Waals surface area contributed by atoms with Crippen LogP contribution in [0.2, 0.25) is 0 Å². The van der Waals surface area contributed by atoms with Crippen LogP contribution in [-0.4, -0.2) is 20.0 Å². The number of nitrogens with two attached hydrogens (primary N) is 1. The summed E-state index contributed by atoms with van der Waals surface area (Å²) >= 11 is 0. The van der Waals surface area contributed by atoms with Crippen LogP contribution in [0.25, 0.3) is 11.0 Å². The van der Waals surface area contributed by atoms with Gasteiger partial charge in [0, 0.05) is 5.92 Å². The number of H-pyrrole nitrogens is 1. The van der Waals surface area contributed by atoms with Crippen LogP contribution in [0.15, 0.2) is 0 Å². The van der Waals surface area contributed by atoms with Gasteiger partial charge in [-0.15, -0.1) is 0 Å². The minimum Gasteiger partial charge on any atom is -0.383 e. The summed E-state index contributed by atoms with van der Waals surface area (Å²) in [5.74, 6) is 1.28. The van der Waals surface area contributed by atoms with E-state index in [9.17, 15) is 0 Å². The monoisotopic (exact) mass is 287 g/mol. The number of nitrogens with one attached hydrogen (secondary N) is 1. The summed E-state index contributed by atoms with van der Waals surface area (Å²) in [5, 5.41) is 13.6. The zero-order chi connectivity index (χ0) is 14.2. The van der Waals surface area contributed by atoms with Crippen LogP contribution in [0.4, 0.5) is 5.82 Å². The van der Waals surface area contributed by atoms with Crippen molar-refractivity contribution in [2.75, 3.05) is 5.73 Å². The molecule has 5 heteroatoms. The summed E-state index contributed by atoms with van der Waals surface area (Å²) in [5.41, 5.74) is 8.34. The second-order valence-corrected chi connectivity index (χ2v) is 6.79. The predicted molar refractivity (Wildman–Crippen MR) is 84.2 cm³/mol. The van der Waals surface area contributed by atoms with Gasteiger partial charge in [-0.1, -0.05) is 38.5 Å². The summed E-state index contributed by atoms with van der Waals surface area (Å²) in [6, 6.07) is 0.507. The van der Waals surface area contributed by atoms with Crippen LogP contribution in [0.1, 0.15) is 81.9 Å². The second-order valence-electron chi connectivity index (χ2n) is 6.79. The van der Waals surface area contributed by atoms with Crippen molar-refractivity contribution in [3.63, 3.8) is 0 Å². The molecule has 2 aromatic rings. The minimum atomic E-state index is 0.507. The maximum absolute atomic E-state index is 6.15. The topological polar surface area (TPSA) is 72.5 Å². The van der Waals surface area contributed by atoms with Gasteiger partial charge in [-0.05, 0) is 25.7 Å². The summed E-state index contributed by atoms with van der Waals surface area (Å²) in [4.78, 5) is 0. The van der Waals surface area contributed by atoms with Crippen molar-refractivity contribution >= 4 is 16.9 Å². The summed E-state index contributed by atoms with van der Waals surface area (Å²) in [7, 11) is 0. The molecule has 0 bridgehead atoms. The van der Waals surface area contributed by atoms with Crippen molar-refractivity contribution in [3.05, 3.63) is 5.69 Å². The van der Waals surface area contributed by atoms with E-state index < -0.39 is 0 Å². The maximum Gasteiger partial charge on any atom is 0.182 e. The maximum atomic E-state index is 6.15. The lowest BCUT2D eigenvalue weighted by molar-refractivity contribution is 0.409. The average molecular weight is 287 g/mol. The van der Waals surface area contributed by atoms with Gasteiger partial charge in [-0.3, -0.25) is 5.10 Å². The van der Waals surface area contributed by atoms with Crippen molar-refractivity contribution in [3.8, 4) is 0 Å². The average Bonchev–Trinajstić information content (AvgIpc) is 3.15. The fourth-order valence-corrected chi connectivity index (χ4v) is 4.22. The molecule has 0 aromatic carbocycles. The van der Waals surface area contributed by atoms with E-state index in [4.69, 9.17) is 10.8 Å². The first-order valence-corrected chi connectivity index (χ1v) is 8.56. The first kappa shape index (κ1) is 13.2. The molecule has 0 amide bonds. The van der Waals surface area contributed by atoms with Gasteiger partial charge in [-0.25, -0.2) is 4.68 Å². The molecule has 3 N–H and O–H groups in total. The largest absolute Gasteiger partial charge is 0.383 e. The standard InChI is InChI=1S/C16H25N5/c17-15-13-14(11-7-5-6-8-11)20-21(16(13)19-18-15)12-9-3-1-2-4-10-12/h11-12H,1-10H2,(H3,17,18,19). The number of nitrogens with zero attached hydrogens (tertiary/aromatic N) is 3. The van der Waals surface area contributed by atoms with Crippen molar-refractivity contribution in [1.29, 1.82) is 0 Å². The van der Waals surface area contributed by atoms with E-state index in [1.807, 2.05) is 0 Å². The summed E-state index contributed by atoms with van der Waals surface area (Å²) < 4.78 is 2.20. The molecule has 0 spiro atoms. The van der Waals surface area contributed by atoms with Crippen LogP contribution >= 0.6 is 0 Å². The lowest BCUT2D eigenvalue weighted by Gasteiger charge is -2.15. The van der Waals surface area contributed by atoms with Crippen molar-refractivity contribution < 1.29 is 0 Å². The van der Waals surface area contributed by atoms with Crippen LogP contribution in [-0.2, 0) is 0 Å². The number of hydrogen-bond acceptors (Lipinski definition) is 3. The molecule has 2 aliphatic carbocycles. The van der Waals surface area contributed by atoms with E-state index in [-0.39, 0.29) is 0 Å². The SMILES string of the molecule is Nc1[nH]nc2c1c(C1CCCC1)nn2C1CCCCCC1. The first-order valence-electron chi connectivity index (χ1n) is 8.56. The number of fused-ring (bicyclic) bond motifs is 1. The van der Waals surface area contributed by atoms with Gasteiger partial charge in [0.1, 0.15) is 5.82 Å². The van der Waals surface area contributed by atoms with E-state index in [1.54, 1.807) is 0 Å². The lowest BCUT2D eigenvalue weighted by atomic mass is 10.0. The smallest absolute Gasteiger partial charge is 0.182 e. The predicted octanol–water partition coefficient (Wildman–Crippen LogP) is 3.89. The fraction of sp³-hybridized carbons (Fsp3) is 0.750. The Kier molecular flexibility index (Phi) is 3.36. The molecule has 0 unspecified atom stereocenters. The van der Waals surface area contributed by atoms with Crippen molar-refractivity contribution in [1.82, 2.24) is 20.0 Å². The van der Waals surface area contributed by atoms with E-state index in [0.717, 1.165) is 11.0 Å². The number of aromatic amines is 1. The lowest BCUT2D eigenvalue weighted by Crippen LogP contribution is -2.11. The Labute approximate surface area is 125 Å². The highest BCUT2D eigenvalue weighted by Crippen LogP contribution is 2.40. The zero-order valence-corrected chi connectivity index (χ0v) is 12.6. The third-order valence-electron chi connectivity index (χ3n) is 5.38. The van der Waals surface area contributed by atoms with Gasteiger partial charge in [0.25, 0.3) is 0 Å². The Hall–Kier alpha value is -1.52. The molecule has 2 aromatic heterocycles. The quantitative estimate of drug-likeness (QED) is 0.823. The number of aromatic nitrogens is 4. The molecule has 2 aliphatic rings. The number of nitrogen functional groups attached to an aromatic ring is 1. The second kappa shape index (κ2) is 5.35. The third kappa shape index (κ3) is 2.23. The molecule has 0 saturated heterocycles. The normalized spacial score (nSPS) is 22.1. The Balaban J connectivity index is 1.77. The molecule has 2 saturated carbocycles. The van der Waals surface area contributed by atoms with E-state index in [2.05, 4.69) is 14.9 Å². The van der Waals surface area contributed by atoms with E-state index in [1.165, 1.54) is 69.9 Å². The Bertz CT molecular complexity index is 612. The molecule has 21 heavy (non-hydrogen) atoms. The molecule has 4 rings (SSSR count). The Morgan fingerprint density at radius 1 is 0.952 bits per heavy atom. The molecule has 0 atom stereocenters. The van der Waals surface area contributed by atoms with E-state index in [0.29, 0.717) is 17.8 Å². The fourth-order valence-electron chi connectivity index (χ4n) is 4.22. The van der Waals surface area contributed by atoms with Gasteiger partial charge in [0.15, 0.2) is 5.65 Å². The molecule has 5 nitrogen and oxygen atoms in total. The van der Waals surface area contributed by atoms with Gasteiger partial charge < -0.3 is 5.73 Å². The number of anilines is 1. The van der Waals surface area contributed by atoms with Crippen LogP contribution in [0, 0.1) is 0 Å². The summed E-state index contributed by atoms with van der Waals surface area (Å²) in [6.45, 7) is 0. The molecule has 114 valence electrons. The van der Waals surface area contributed by atoms with Crippen molar-refractivity contribution in [2.24, 2.45) is 0 Å². The van der Waals surface area contributed by atoms with Crippen LogP contribution in [0.5, 0.6) is 0 Å². The van der Waals surface area contributed by atoms with Crippen LogP contribution in [0.3, 0.4) is 0 Å². The van der Waals surface area contributed by atoms with E-state index >= 15 is 0 Å². The first-order chi connectivity index (χ1) is 10.3. The summed E-state index contributed by atoms with van der Waals surface area (Å²) in [6.07, 6.45) is 12.9. The zero-order valence-electron chi connectivity index (χ0n) is 12.6. The van der Waals surface area contributed by atoms with Crippen molar-refractivity contribution in [2.45, 2.75) is 76.2 Å². The Morgan fingerprint density at radius 2 is 1.62 bits per heavy atom. The number of rotatable bonds is 2. The highest BCUT2D eigenvalue weighted by atomic mass is 15.4. The molecule has 2 fully saturated rings. The highest BCUT2D eigenvalue weighted by Gasteiger charge is 2.28. The molecular formula is C16H25N5.